The molecule has 0 bridgehead atoms. The first-order valence-electron chi connectivity index (χ1n) is 3.49. The molecule has 0 saturated carbocycles. The molecule has 0 N–H and O–H groups in total. The van der Waals surface area contributed by atoms with Gasteiger partial charge in [0.05, 0.1) is 0 Å². The summed E-state index contributed by atoms with van der Waals surface area (Å²) in [6.45, 7) is 1.97. The van der Waals surface area contributed by atoms with Crippen LogP contribution >= 0.6 is 45.2 Å². The van der Waals surface area contributed by atoms with Gasteiger partial charge in [-0.05, 0) is 68.7 Å². The second kappa shape index (κ2) is 4.54. The molecular formula is C8H7I2O2S-. The molecule has 5 heteroatoms. The summed E-state index contributed by atoms with van der Waals surface area (Å²) in [7, 11) is 0. The molecule has 0 saturated heterocycles. The predicted molar refractivity (Wildman–Crippen MR) is 69.8 cm³/mol. The molecule has 72 valence electrons. The van der Waals surface area contributed by atoms with Crippen molar-refractivity contribution < 1.29 is 8.76 Å². The molecule has 0 aliphatic rings. The van der Waals surface area contributed by atoms with E-state index in [4.69, 9.17) is 0 Å². The lowest BCUT2D eigenvalue weighted by atomic mass is 10.2. The summed E-state index contributed by atoms with van der Waals surface area (Å²) in [5.74, 6) is 0. The normalized spacial score (nSPS) is 14.2. The third-order valence-electron chi connectivity index (χ3n) is 1.60. The van der Waals surface area contributed by atoms with Crippen molar-refractivity contribution in [3.63, 3.8) is 0 Å². The number of hydrogen-bond acceptors (Lipinski definition) is 2. The van der Waals surface area contributed by atoms with Crippen molar-refractivity contribution in [2.45, 2.75) is 7.68 Å². The van der Waals surface area contributed by atoms with Gasteiger partial charge in [0, 0.05) is 0 Å². The summed E-state index contributed by atoms with van der Waals surface area (Å²) in [5, 5.41) is 0. The predicted octanol–water partition coefficient (Wildman–Crippen LogP) is 2.85. The van der Waals surface area contributed by atoms with Crippen molar-refractivity contribution in [3.8, 4) is 0 Å². The Kier molecular flexibility index (Phi) is 4.14. The smallest absolute Gasteiger partial charge is 0.159 e. The van der Waals surface area contributed by atoms with E-state index in [1.54, 1.807) is 0 Å². The Morgan fingerprint density at radius 3 is 2.15 bits per heavy atom. The molecule has 0 fully saturated rings. The summed E-state index contributed by atoms with van der Waals surface area (Å²) in [6.07, 6.45) is 0. The summed E-state index contributed by atoms with van der Waals surface area (Å²) in [5.41, 5.74) is 1.93. The Morgan fingerprint density at radius 1 is 1.31 bits per heavy atom. The number of halogens is 2. The highest BCUT2D eigenvalue weighted by Crippen LogP contribution is 2.41. The van der Waals surface area contributed by atoms with E-state index < -0.39 is 11.8 Å². The van der Waals surface area contributed by atoms with Crippen molar-refractivity contribution in [2.75, 3.05) is 0 Å². The van der Waals surface area contributed by atoms with Gasteiger partial charge in [-0.25, -0.2) is 0 Å². The second-order valence-corrected chi connectivity index (χ2v) is 10.5. The monoisotopic (exact) mass is 421 g/mol. The number of benzene rings is 1. The molecular weight excluding hydrogens is 414 g/mol. The van der Waals surface area contributed by atoms with Crippen LogP contribution in [-0.4, -0.2) is 8.76 Å². The molecule has 0 spiro atoms. The first kappa shape index (κ1) is 11.9. The largest absolute Gasteiger partial charge is 0.770 e. The molecule has 1 atom stereocenters. The summed E-state index contributed by atoms with van der Waals surface area (Å²) >= 11 is 1.72. The van der Waals surface area contributed by atoms with Crippen LogP contribution in [0, 0.1) is 6.92 Å². The average Bonchev–Trinajstić information content (AvgIpc) is 2.04. The van der Waals surface area contributed by atoms with Crippen LogP contribution < -0.4 is 0 Å². The number of hydrogen-bond donors (Lipinski definition) is 0. The number of rotatable bonds is 2. The number of alkyl halides is 2. The maximum absolute atomic E-state index is 10.9. The molecule has 0 amide bonds. The third-order valence-corrected chi connectivity index (χ3v) is 5.65. The van der Waals surface area contributed by atoms with E-state index in [0.717, 1.165) is 11.1 Å². The van der Waals surface area contributed by atoms with Gasteiger partial charge in [0.15, 0.2) is 0.760 Å². The Morgan fingerprint density at radius 2 is 1.77 bits per heavy atom. The van der Waals surface area contributed by atoms with Gasteiger partial charge in [0.25, 0.3) is 0 Å². The minimum atomic E-state index is -2.11. The Labute approximate surface area is 107 Å². The van der Waals surface area contributed by atoms with E-state index in [1.165, 1.54) is 0 Å². The summed E-state index contributed by atoms with van der Waals surface area (Å²) < 4.78 is 20.9. The Balaban J connectivity index is 3.08. The zero-order chi connectivity index (χ0) is 10.1. The van der Waals surface area contributed by atoms with Gasteiger partial charge in [-0.3, -0.25) is 4.21 Å². The van der Waals surface area contributed by atoms with Gasteiger partial charge >= 0.3 is 0 Å². The summed E-state index contributed by atoms with van der Waals surface area (Å²) in [4.78, 5) is 0. The maximum atomic E-state index is 10.9. The van der Waals surface area contributed by atoms with Crippen LogP contribution in [0.4, 0.5) is 0 Å². The van der Waals surface area contributed by atoms with Gasteiger partial charge < -0.3 is 4.55 Å². The minimum Gasteiger partial charge on any atom is -0.770 e. The van der Waals surface area contributed by atoms with Gasteiger partial charge in [-0.1, -0.05) is 29.8 Å². The molecule has 1 rings (SSSR count). The first-order valence-corrected chi connectivity index (χ1v) is 6.72. The van der Waals surface area contributed by atoms with E-state index in [-0.39, 0.29) is 0 Å². The molecule has 0 radical (unpaired) electrons. The van der Waals surface area contributed by atoms with E-state index in [1.807, 2.05) is 76.4 Å². The number of aryl methyl sites for hydroxylation is 1. The van der Waals surface area contributed by atoms with Crippen LogP contribution in [0.3, 0.4) is 0 Å². The molecule has 13 heavy (non-hydrogen) atoms. The van der Waals surface area contributed by atoms with E-state index in [0.29, 0.717) is 0 Å². The van der Waals surface area contributed by atoms with E-state index in [2.05, 4.69) is 0 Å². The molecule has 0 aliphatic heterocycles. The summed E-state index contributed by atoms with van der Waals surface area (Å²) in [6, 6.07) is 7.50. The van der Waals surface area contributed by atoms with Crippen LogP contribution in [0.15, 0.2) is 24.3 Å². The zero-order valence-electron chi connectivity index (χ0n) is 6.79. The van der Waals surface area contributed by atoms with Crippen LogP contribution in [0.25, 0.3) is 0 Å². The molecule has 1 unspecified atom stereocenters. The highest BCUT2D eigenvalue weighted by atomic mass is 127. The topological polar surface area (TPSA) is 40.1 Å². The van der Waals surface area contributed by atoms with Crippen molar-refractivity contribution in [2.24, 2.45) is 0 Å². The van der Waals surface area contributed by atoms with Crippen molar-refractivity contribution in [1.29, 1.82) is 0 Å². The molecule has 0 aliphatic carbocycles. The van der Waals surface area contributed by atoms with Gasteiger partial charge in [-0.2, -0.15) is 0 Å². The fourth-order valence-corrected chi connectivity index (χ4v) is 1.89. The minimum absolute atomic E-state index is 0.799. The molecule has 1 aromatic rings. The van der Waals surface area contributed by atoms with Crippen molar-refractivity contribution in [1.82, 2.24) is 0 Å². The fourth-order valence-electron chi connectivity index (χ4n) is 0.844. The van der Waals surface area contributed by atoms with Crippen LogP contribution in [0.1, 0.15) is 11.1 Å². The van der Waals surface area contributed by atoms with Crippen LogP contribution in [-0.2, 0) is 11.8 Å². The third kappa shape index (κ3) is 2.87. The van der Waals surface area contributed by atoms with Crippen LogP contribution in [0.2, 0.25) is 0 Å². The Bertz CT molecular complexity index is 321. The maximum Gasteiger partial charge on any atom is 0.159 e. The van der Waals surface area contributed by atoms with E-state index in [9.17, 15) is 8.76 Å². The lowest BCUT2D eigenvalue weighted by Gasteiger charge is -2.23. The SMILES string of the molecule is Cc1ccc(C(I)(I)S(=O)[O-])cc1. The first-order chi connectivity index (χ1) is 5.94. The lowest BCUT2D eigenvalue weighted by Crippen LogP contribution is -2.15. The molecule has 2 nitrogen and oxygen atoms in total. The van der Waals surface area contributed by atoms with Gasteiger partial charge in [-0.15, -0.1) is 0 Å². The second-order valence-electron chi connectivity index (χ2n) is 2.62. The highest BCUT2D eigenvalue weighted by Gasteiger charge is 2.25. The fraction of sp³-hybridized carbons (Fsp3) is 0.250. The van der Waals surface area contributed by atoms with Crippen molar-refractivity contribution >= 4 is 56.3 Å². The molecule has 0 aromatic heterocycles. The van der Waals surface area contributed by atoms with E-state index >= 15 is 0 Å². The standard InChI is InChI=1S/C8H8I2O2S/c1-6-2-4-7(5-3-6)8(9,10)13(11)12/h2-5H,1H3,(H,11,12)/p-1. The Hall–Kier alpha value is 0.790. The quantitative estimate of drug-likeness (QED) is 0.419. The van der Waals surface area contributed by atoms with Gasteiger partial charge in [0.1, 0.15) is 0 Å². The molecule has 0 heterocycles. The lowest BCUT2D eigenvalue weighted by molar-refractivity contribution is 0.535. The highest BCUT2D eigenvalue weighted by molar-refractivity contribution is 14.2. The van der Waals surface area contributed by atoms with Gasteiger partial charge in [0.2, 0.25) is 0 Å². The van der Waals surface area contributed by atoms with Crippen molar-refractivity contribution in [3.05, 3.63) is 35.4 Å². The average molecular weight is 421 g/mol. The zero-order valence-corrected chi connectivity index (χ0v) is 11.9. The van der Waals surface area contributed by atoms with Crippen LogP contribution in [0.5, 0.6) is 0 Å². The molecule has 1 aromatic carbocycles.